The monoisotopic (exact) mass is 581 g/mol. The molecule has 0 aliphatic rings. The third-order valence-corrected chi connectivity index (χ3v) is 5.90. The van der Waals surface area contributed by atoms with Crippen LogP contribution in [0.2, 0.25) is 0 Å². The predicted molar refractivity (Wildman–Crippen MR) is 156 cm³/mol. The number of amides is 2. The zero-order valence-corrected chi connectivity index (χ0v) is 22.3. The average molecular weight is 582 g/mol. The molecule has 194 valence electrons. The maximum absolute atomic E-state index is 12.5. The van der Waals surface area contributed by atoms with Gasteiger partial charge in [0.2, 0.25) is 5.91 Å². The van der Waals surface area contributed by atoms with Crippen molar-refractivity contribution in [2.75, 3.05) is 5.32 Å². The third-order valence-electron chi connectivity index (χ3n) is 5.40. The van der Waals surface area contributed by atoms with Gasteiger partial charge in [0.05, 0.1) is 12.6 Å². The number of rotatable bonds is 9. The van der Waals surface area contributed by atoms with Crippen LogP contribution in [0.3, 0.4) is 0 Å². The molecule has 39 heavy (non-hydrogen) atoms. The topological polar surface area (TPSA) is 96.9 Å². The van der Waals surface area contributed by atoms with Crippen molar-refractivity contribution < 1.29 is 19.1 Å². The number of hydrogen-bond donors (Lipinski definition) is 2. The Bertz CT molecular complexity index is 1500. The van der Waals surface area contributed by atoms with Gasteiger partial charge in [0, 0.05) is 27.4 Å². The first-order valence-corrected chi connectivity index (χ1v) is 12.8. The van der Waals surface area contributed by atoms with Crippen molar-refractivity contribution in [2.24, 2.45) is 5.10 Å². The van der Waals surface area contributed by atoms with Crippen molar-refractivity contribution in [3.8, 4) is 5.75 Å². The number of hydrogen-bond acceptors (Lipinski definition) is 5. The van der Waals surface area contributed by atoms with Gasteiger partial charge in [0.15, 0.2) is 0 Å². The highest BCUT2D eigenvalue weighted by atomic mass is 79.9. The molecule has 7 nitrogen and oxygen atoms in total. The Kier molecular flexibility index (Phi) is 9.52. The summed E-state index contributed by atoms with van der Waals surface area (Å²) >= 11 is 3.39. The summed E-state index contributed by atoms with van der Waals surface area (Å²) in [5.41, 5.74) is 5.68. The number of halogens is 1. The second-order valence-corrected chi connectivity index (χ2v) is 9.25. The van der Waals surface area contributed by atoms with Gasteiger partial charge in [0.25, 0.3) is 5.91 Å². The van der Waals surface area contributed by atoms with E-state index in [-0.39, 0.29) is 18.1 Å². The van der Waals surface area contributed by atoms with Gasteiger partial charge >= 0.3 is 5.97 Å². The molecule has 4 rings (SSSR count). The molecular weight excluding hydrogens is 558 g/mol. The van der Waals surface area contributed by atoms with Crippen molar-refractivity contribution in [3.05, 3.63) is 136 Å². The number of nitrogens with zero attached hydrogens (tertiary/aromatic N) is 1. The van der Waals surface area contributed by atoms with Crippen LogP contribution in [-0.2, 0) is 16.0 Å². The van der Waals surface area contributed by atoms with Crippen molar-refractivity contribution >= 4 is 51.7 Å². The van der Waals surface area contributed by atoms with Gasteiger partial charge in [0.1, 0.15) is 5.75 Å². The van der Waals surface area contributed by atoms with Gasteiger partial charge in [-0.15, -0.1) is 0 Å². The number of esters is 1. The summed E-state index contributed by atoms with van der Waals surface area (Å²) in [5, 5.41) is 6.83. The molecule has 0 fully saturated rings. The van der Waals surface area contributed by atoms with Crippen LogP contribution >= 0.6 is 15.9 Å². The lowest BCUT2D eigenvalue weighted by Crippen LogP contribution is -2.18. The minimum atomic E-state index is -0.546. The zero-order valence-electron chi connectivity index (χ0n) is 20.7. The number of hydrazone groups is 1. The van der Waals surface area contributed by atoms with Crippen LogP contribution in [0.15, 0.2) is 119 Å². The molecule has 0 bridgehead atoms. The Morgan fingerprint density at radius 2 is 1.54 bits per heavy atom. The number of anilines is 1. The highest BCUT2D eigenvalue weighted by molar-refractivity contribution is 9.10. The van der Waals surface area contributed by atoms with E-state index in [1.54, 1.807) is 48.5 Å². The van der Waals surface area contributed by atoms with E-state index in [4.69, 9.17) is 4.74 Å². The second kappa shape index (κ2) is 13.6. The molecule has 0 spiro atoms. The van der Waals surface area contributed by atoms with E-state index in [0.717, 1.165) is 15.6 Å². The first kappa shape index (κ1) is 27.2. The standard InChI is InChI=1S/C31H24BrN3O4/c32-26-14-17-28(39-30(37)18-11-22-7-3-1-4-8-22)25(20-26)21-33-35-31(38)24-12-15-27(16-13-24)34-29(36)19-23-9-5-2-6-10-23/h1-18,20-21H,19H2,(H,34,36)(H,35,38)/b18-11+,33-21-. The highest BCUT2D eigenvalue weighted by Gasteiger charge is 2.09. The summed E-state index contributed by atoms with van der Waals surface area (Å²) < 4.78 is 6.21. The molecule has 8 heteroatoms. The first-order chi connectivity index (χ1) is 19.0. The van der Waals surface area contributed by atoms with Crippen LogP contribution in [0, 0.1) is 0 Å². The minimum Gasteiger partial charge on any atom is -0.423 e. The Morgan fingerprint density at radius 1 is 0.846 bits per heavy atom. The van der Waals surface area contributed by atoms with E-state index in [1.807, 2.05) is 60.7 Å². The van der Waals surface area contributed by atoms with Gasteiger partial charge in [-0.25, -0.2) is 10.2 Å². The van der Waals surface area contributed by atoms with E-state index >= 15 is 0 Å². The number of nitrogens with one attached hydrogen (secondary N) is 2. The van der Waals surface area contributed by atoms with Crippen LogP contribution in [-0.4, -0.2) is 24.0 Å². The molecule has 0 unspecified atom stereocenters. The zero-order chi connectivity index (χ0) is 27.5. The molecule has 4 aromatic carbocycles. The predicted octanol–water partition coefficient (Wildman–Crippen LogP) is 6.01. The molecule has 0 aliphatic carbocycles. The lowest BCUT2D eigenvalue weighted by atomic mass is 10.1. The minimum absolute atomic E-state index is 0.149. The van der Waals surface area contributed by atoms with E-state index < -0.39 is 11.9 Å². The third kappa shape index (κ3) is 8.62. The lowest BCUT2D eigenvalue weighted by molar-refractivity contribution is -0.128. The van der Waals surface area contributed by atoms with Gasteiger partial charge < -0.3 is 10.1 Å². The lowest BCUT2D eigenvalue weighted by Gasteiger charge is -2.07. The fourth-order valence-electron chi connectivity index (χ4n) is 3.50. The van der Waals surface area contributed by atoms with Crippen LogP contribution in [0.1, 0.15) is 27.0 Å². The summed E-state index contributed by atoms with van der Waals surface area (Å²) in [4.78, 5) is 37.1. The molecule has 4 aromatic rings. The van der Waals surface area contributed by atoms with Crippen LogP contribution in [0.4, 0.5) is 5.69 Å². The Labute approximate surface area is 234 Å². The molecule has 0 saturated carbocycles. The molecule has 0 heterocycles. The normalized spacial score (nSPS) is 10.9. The van der Waals surface area contributed by atoms with Gasteiger partial charge in [-0.1, -0.05) is 76.6 Å². The summed E-state index contributed by atoms with van der Waals surface area (Å²) in [6.45, 7) is 0. The first-order valence-electron chi connectivity index (χ1n) is 12.0. The Balaban J connectivity index is 1.33. The van der Waals surface area contributed by atoms with E-state index in [1.165, 1.54) is 12.3 Å². The highest BCUT2D eigenvalue weighted by Crippen LogP contribution is 2.22. The smallest absolute Gasteiger partial charge is 0.336 e. The summed E-state index contributed by atoms with van der Waals surface area (Å²) in [6.07, 6.45) is 4.65. The van der Waals surface area contributed by atoms with Gasteiger partial charge in [-0.3, -0.25) is 9.59 Å². The fraction of sp³-hybridized carbons (Fsp3) is 0.0323. The molecule has 0 aliphatic heterocycles. The number of carbonyl (C=O) groups is 3. The van der Waals surface area contributed by atoms with Crippen LogP contribution in [0.5, 0.6) is 5.75 Å². The van der Waals surface area contributed by atoms with E-state index in [0.29, 0.717) is 16.8 Å². The Morgan fingerprint density at radius 3 is 2.26 bits per heavy atom. The fourth-order valence-corrected chi connectivity index (χ4v) is 3.88. The maximum atomic E-state index is 12.5. The SMILES string of the molecule is O=C(Cc1ccccc1)Nc1ccc(C(=O)N/N=C\c2cc(Br)ccc2OC(=O)/C=C/c2ccccc2)cc1. The molecule has 2 N–H and O–H groups in total. The van der Waals surface area contributed by atoms with Crippen molar-refractivity contribution in [2.45, 2.75) is 6.42 Å². The van der Waals surface area contributed by atoms with E-state index in [9.17, 15) is 14.4 Å². The Hall–Kier alpha value is -4.82. The molecule has 0 atom stereocenters. The molecule has 2 amide bonds. The van der Waals surface area contributed by atoms with Crippen molar-refractivity contribution in [1.29, 1.82) is 0 Å². The van der Waals surface area contributed by atoms with Crippen LogP contribution < -0.4 is 15.5 Å². The van der Waals surface area contributed by atoms with Crippen molar-refractivity contribution in [3.63, 3.8) is 0 Å². The number of benzene rings is 4. The summed E-state index contributed by atoms with van der Waals surface area (Å²) in [5.74, 6) is -0.845. The summed E-state index contributed by atoms with van der Waals surface area (Å²) in [7, 11) is 0. The van der Waals surface area contributed by atoms with Crippen LogP contribution in [0.25, 0.3) is 6.08 Å². The summed E-state index contributed by atoms with van der Waals surface area (Å²) in [6, 6.07) is 30.4. The average Bonchev–Trinajstić information content (AvgIpc) is 2.94. The maximum Gasteiger partial charge on any atom is 0.336 e. The molecule has 0 aromatic heterocycles. The number of carbonyl (C=O) groups excluding carboxylic acids is 3. The molecular formula is C31H24BrN3O4. The molecule has 0 radical (unpaired) electrons. The second-order valence-electron chi connectivity index (χ2n) is 8.33. The van der Waals surface area contributed by atoms with Crippen molar-refractivity contribution in [1.82, 2.24) is 5.43 Å². The largest absolute Gasteiger partial charge is 0.423 e. The quantitative estimate of drug-likeness (QED) is 0.0831. The van der Waals surface area contributed by atoms with Gasteiger partial charge in [-0.05, 0) is 59.7 Å². The number of ether oxygens (including phenoxy) is 1. The molecule has 0 saturated heterocycles. The van der Waals surface area contributed by atoms with Gasteiger partial charge in [-0.2, -0.15) is 5.10 Å². The van der Waals surface area contributed by atoms with E-state index in [2.05, 4.69) is 31.8 Å².